The van der Waals surface area contributed by atoms with Gasteiger partial charge >= 0.3 is 5.97 Å². The van der Waals surface area contributed by atoms with Crippen LogP contribution in [0.15, 0.2) is 6.07 Å². The minimum atomic E-state index is -1.39. The second-order valence-corrected chi connectivity index (χ2v) is 3.33. The molecule has 0 atom stereocenters. The van der Waals surface area contributed by atoms with E-state index in [9.17, 15) is 9.18 Å². The predicted molar refractivity (Wildman–Crippen MR) is 53.4 cm³/mol. The smallest absolute Gasteiger partial charge is 0.338 e. The number of fused-ring (bicyclic) bond motifs is 1. The SMILES string of the molecule is Nc1c(F)c(C(=O)O)cc2c1OCCCO2. The molecule has 86 valence electrons. The number of aromatic carboxylic acids is 1. The summed E-state index contributed by atoms with van der Waals surface area (Å²) in [5, 5.41) is 8.77. The molecule has 2 rings (SSSR count). The van der Waals surface area contributed by atoms with E-state index in [1.165, 1.54) is 0 Å². The van der Waals surface area contributed by atoms with Crippen molar-refractivity contribution in [2.75, 3.05) is 18.9 Å². The van der Waals surface area contributed by atoms with Crippen LogP contribution < -0.4 is 15.2 Å². The van der Waals surface area contributed by atoms with Crippen LogP contribution in [0.5, 0.6) is 11.5 Å². The number of hydrogen-bond donors (Lipinski definition) is 2. The van der Waals surface area contributed by atoms with Gasteiger partial charge in [0.05, 0.1) is 13.2 Å². The molecule has 0 amide bonds. The lowest BCUT2D eigenvalue weighted by molar-refractivity contribution is 0.0691. The molecule has 0 bridgehead atoms. The van der Waals surface area contributed by atoms with Gasteiger partial charge in [0.1, 0.15) is 11.3 Å². The van der Waals surface area contributed by atoms with Crippen molar-refractivity contribution in [3.05, 3.63) is 17.4 Å². The van der Waals surface area contributed by atoms with Gasteiger partial charge in [-0.25, -0.2) is 9.18 Å². The van der Waals surface area contributed by atoms with E-state index >= 15 is 0 Å². The molecule has 0 aromatic heterocycles. The molecule has 0 aliphatic carbocycles. The Morgan fingerprint density at radius 1 is 1.44 bits per heavy atom. The molecule has 6 heteroatoms. The van der Waals surface area contributed by atoms with E-state index in [2.05, 4.69) is 0 Å². The van der Waals surface area contributed by atoms with Gasteiger partial charge in [0.15, 0.2) is 17.3 Å². The topological polar surface area (TPSA) is 81.8 Å². The number of anilines is 1. The summed E-state index contributed by atoms with van der Waals surface area (Å²) in [6.45, 7) is 0.750. The Labute approximate surface area is 90.6 Å². The van der Waals surface area contributed by atoms with Gasteiger partial charge in [-0.2, -0.15) is 0 Å². The number of nitrogens with two attached hydrogens (primary N) is 1. The maximum atomic E-state index is 13.5. The Bertz CT molecular complexity index is 447. The quantitative estimate of drug-likeness (QED) is 0.706. The fourth-order valence-electron chi connectivity index (χ4n) is 1.46. The van der Waals surface area contributed by atoms with E-state index in [0.717, 1.165) is 6.07 Å². The first-order chi connectivity index (χ1) is 7.61. The van der Waals surface area contributed by atoms with Crippen molar-refractivity contribution >= 4 is 11.7 Å². The first-order valence-electron chi connectivity index (χ1n) is 4.72. The van der Waals surface area contributed by atoms with Crippen LogP contribution in [0.1, 0.15) is 16.8 Å². The number of halogens is 1. The van der Waals surface area contributed by atoms with Crippen LogP contribution in [-0.4, -0.2) is 24.3 Å². The summed E-state index contributed by atoms with van der Waals surface area (Å²) >= 11 is 0. The highest BCUT2D eigenvalue weighted by Gasteiger charge is 2.23. The van der Waals surface area contributed by atoms with Gasteiger partial charge in [-0.3, -0.25) is 0 Å². The second kappa shape index (κ2) is 3.88. The molecule has 0 saturated carbocycles. The number of carboxylic acids is 1. The fourth-order valence-corrected chi connectivity index (χ4v) is 1.46. The van der Waals surface area contributed by atoms with Crippen LogP contribution in [-0.2, 0) is 0 Å². The first kappa shape index (κ1) is 10.5. The van der Waals surface area contributed by atoms with Gasteiger partial charge in [-0.1, -0.05) is 0 Å². The number of nitrogen functional groups attached to an aromatic ring is 1. The van der Waals surface area contributed by atoms with Crippen molar-refractivity contribution in [3.63, 3.8) is 0 Å². The van der Waals surface area contributed by atoms with Crippen molar-refractivity contribution in [2.24, 2.45) is 0 Å². The lowest BCUT2D eigenvalue weighted by Gasteiger charge is -2.11. The molecule has 0 spiro atoms. The largest absolute Gasteiger partial charge is 0.489 e. The summed E-state index contributed by atoms with van der Waals surface area (Å²) in [6.07, 6.45) is 0.637. The van der Waals surface area contributed by atoms with Crippen LogP contribution in [0.4, 0.5) is 10.1 Å². The van der Waals surface area contributed by atoms with E-state index in [4.69, 9.17) is 20.3 Å². The number of hydrogen-bond acceptors (Lipinski definition) is 4. The standard InChI is InChI=1S/C10H10FNO4/c11-7-5(10(13)14)4-6-9(8(7)12)16-3-1-2-15-6/h4H,1-3,12H2,(H,13,14). The molecule has 1 heterocycles. The predicted octanol–water partition coefficient (Wildman–Crippen LogP) is 1.27. The number of benzene rings is 1. The van der Waals surface area contributed by atoms with E-state index < -0.39 is 17.3 Å². The van der Waals surface area contributed by atoms with E-state index in [0.29, 0.717) is 19.6 Å². The monoisotopic (exact) mass is 227 g/mol. The molecule has 1 aromatic carbocycles. The number of ether oxygens (including phenoxy) is 2. The molecule has 0 saturated heterocycles. The van der Waals surface area contributed by atoms with Crippen molar-refractivity contribution in [1.29, 1.82) is 0 Å². The zero-order chi connectivity index (χ0) is 11.7. The summed E-state index contributed by atoms with van der Waals surface area (Å²) in [5.41, 5.74) is 4.63. The van der Waals surface area contributed by atoms with Crippen molar-refractivity contribution in [3.8, 4) is 11.5 Å². The Kier molecular flexibility index (Phi) is 2.55. The molecule has 1 aliphatic rings. The molecule has 0 radical (unpaired) electrons. The average molecular weight is 227 g/mol. The second-order valence-electron chi connectivity index (χ2n) is 3.33. The van der Waals surface area contributed by atoms with E-state index in [-0.39, 0.29) is 17.2 Å². The minimum absolute atomic E-state index is 0.0833. The molecule has 1 aromatic rings. The van der Waals surface area contributed by atoms with Crippen molar-refractivity contribution < 1.29 is 23.8 Å². The highest BCUT2D eigenvalue weighted by atomic mass is 19.1. The van der Waals surface area contributed by atoms with Crippen LogP contribution in [0.25, 0.3) is 0 Å². The Hall–Kier alpha value is -1.98. The fraction of sp³-hybridized carbons (Fsp3) is 0.300. The van der Waals surface area contributed by atoms with Crippen LogP contribution in [0.3, 0.4) is 0 Å². The van der Waals surface area contributed by atoms with Crippen molar-refractivity contribution in [2.45, 2.75) is 6.42 Å². The lowest BCUT2D eigenvalue weighted by atomic mass is 10.1. The Morgan fingerprint density at radius 2 is 2.12 bits per heavy atom. The third-order valence-corrected chi connectivity index (χ3v) is 2.24. The summed E-state index contributed by atoms with van der Waals surface area (Å²) in [5.74, 6) is -2.12. The molecule has 5 nitrogen and oxygen atoms in total. The molecule has 3 N–H and O–H groups in total. The minimum Gasteiger partial charge on any atom is -0.489 e. The normalized spacial score (nSPS) is 14.3. The van der Waals surface area contributed by atoms with Gasteiger partial charge in [0, 0.05) is 12.5 Å². The molecule has 16 heavy (non-hydrogen) atoms. The summed E-state index contributed by atoms with van der Waals surface area (Å²) in [7, 11) is 0. The maximum Gasteiger partial charge on any atom is 0.338 e. The van der Waals surface area contributed by atoms with E-state index in [1.807, 2.05) is 0 Å². The highest BCUT2D eigenvalue weighted by Crippen LogP contribution is 2.38. The maximum absolute atomic E-state index is 13.5. The van der Waals surface area contributed by atoms with E-state index in [1.54, 1.807) is 0 Å². The molecular weight excluding hydrogens is 217 g/mol. The zero-order valence-electron chi connectivity index (χ0n) is 8.33. The summed E-state index contributed by atoms with van der Waals surface area (Å²) < 4.78 is 24.0. The zero-order valence-corrected chi connectivity index (χ0v) is 8.33. The number of rotatable bonds is 1. The molecule has 1 aliphatic heterocycles. The highest BCUT2D eigenvalue weighted by molar-refractivity contribution is 5.91. The summed E-state index contributed by atoms with van der Waals surface area (Å²) in [4.78, 5) is 10.8. The van der Waals surface area contributed by atoms with Gasteiger partial charge < -0.3 is 20.3 Å². The Morgan fingerprint density at radius 3 is 2.81 bits per heavy atom. The van der Waals surface area contributed by atoms with Gasteiger partial charge in [-0.15, -0.1) is 0 Å². The van der Waals surface area contributed by atoms with Gasteiger partial charge in [-0.05, 0) is 0 Å². The first-order valence-corrected chi connectivity index (χ1v) is 4.72. The third-order valence-electron chi connectivity index (χ3n) is 2.24. The average Bonchev–Trinajstić information content (AvgIpc) is 2.48. The summed E-state index contributed by atoms with van der Waals surface area (Å²) in [6, 6.07) is 1.09. The molecule has 0 unspecified atom stereocenters. The molecular formula is C10H10FNO4. The van der Waals surface area contributed by atoms with Crippen LogP contribution in [0.2, 0.25) is 0 Å². The Balaban J connectivity index is 2.59. The number of carbonyl (C=O) groups is 1. The van der Waals surface area contributed by atoms with Crippen LogP contribution in [0, 0.1) is 5.82 Å². The third kappa shape index (κ3) is 1.62. The number of carboxylic acid groups (broad SMARTS) is 1. The van der Waals surface area contributed by atoms with Gasteiger partial charge in [0.2, 0.25) is 0 Å². The van der Waals surface area contributed by atoms with Gasteiger partial charge in [0.25, 0.3) is 0 Å². The lowest BCUT2D eigenvalue weighted by Crippen LogP contribution is -2.07. The van der Waals surface area contributed by atoms with Crippen LogP contribution >= 0.6 is 0 Å². The van der Waals surface area contributed by atoms with Crippen molar-refractivity contribution in [1.82, 2.24) is 0 Å². The molecule has 0 fully saturated rings.